The number of carbonyl (C=O) groups is 2. The summed E-state index contributed by atoms with van der Waals surface area (Å²) in [6, 6.07) is 19.8. The summed E-state index contributed by atoms with van der Waals surface area (Å²) >= 11 is 1.57. The molecular weight excluding hydrogens is 386 g/mol. The minimum atomic E-state index is -1.08. The number of hydrogen-bond acceptors (Lipinski definition) is 5. The van der Waals surface area contributed by atoms with Gasteiger partial charge in [-0.2, -0.15) is 0 Å². The van der Waals surface area contributed by atoms with Crippen molar-refractivity contribution in [1.82, 2.24) is 0 Å². The highest BCUT2D eigenvalue weighted by Gasteiger charge is 2.24. The molecule has 0 bridgehead atoms. The van der Waals surface area contributed by atoms with Crippen LogP contribution in [0.3, 0.4) is 0 Å². The second-order valence-corrected chi connectivity index (χ2v) is 7.55. The van der Waals surface area contributed by atoms with Crippen LogP contribution in [-0.4, -0.2) is 19.0 Å². The van der Waals surface area contributed by atoms with E-state index in [-0.39, 0.29) is 0 Å². The molecule has 1 atom stereocenters. The molecule has 148 valence electrons. The molecule has 1 unspecified atom stereocenters. The van der Waals surface area contributed by atoms with Crippen LogP contribution in [0.1, 0.15) is 21.4 Å². The smallest absolute Gasteiger partial charge is 0.331 e. The monoisotopic (exact) mass is 407 g/mol. The van der Waals surface area contributed by atoms with E-state index in [9.17, 15) is 9.59 Å². The fraction of sp³-hybridized carbons (Fsp3) is 0.130. The molecule has 3 rings (SSSR count). The average molecular weight is 407 g/mol. The maximum atomic E-state index is 12.9. The number of ether oxygens (including phenoxy) is 2. The molecule has 0 spiro atoms. The largest absolute Gasteiger partial charge is 0.497 e. The lowest BCUT2D eigenvalue weighted by Crippen LogP contribution is -2.25. The second kappa shape index (κ2) is 9.71. The normalized spacial score (nSPS) is 11.8. The molecule has 0 radical (unpaired) electrons. The van der Waals surface area contributed by atoms with Crippen molar-refractivity contribution in [3.05, 3.63) is 88.1 Å². The van der Waals surface area contributed by atoms with Crippen molar-refractivity contribution >= 4 is 35.0 Å². The molecule has 0 fully saturated rings. The Morgan fingerprint density at radius 1 is 1.03 bits per heavy atom. The molecular formula is C23H21NO4S. The summed E-state index contributed by atoms with van der Waals surface area (Å²) in [6.45, 7) is 1.99. The zero-order valence-electron chi connectivity index (χ0n) is 16.1. The first-order valence-corrected chi connectivity index (χ1v) is 9.82. The van der Waals surface area contributed by atoms with Gasteiger partial charge in [0.25, 0.3) is 5.91 Å². The highest BCUT2D eigenvalue weighted by molar-refractivity contribution is 7.12. The Morgan fingerprint density at radius 3 is 2.52 bits per heavy atom. The van der Waals surface area contributed by atoms with E-state index in [0.717, 1.165) is 9.75 Å². The molecule has 1 N–H and O–H groups in total. The number of amides is 1. The molecule has 0 aliphatic heterocycles. The second-order valence-electron chi connectivity index (χ2n) is 6.23. The molecule has 0 aliphatic rings. The van der Waals surface area contributed by atoms with E-state index >= 15 is 0 Å². The van der Waals surface area contributed by atoms with Gasteiger partial charge in [0.15, 0.2) is 0 Å². The topological polar surface area (TPSA) is 64.6 Å². The predicted molar refractivity (Wildman–Crippen MR) is 115 cm³/mol. The van der Waals surface area contributed by atoms with Crippen molar-refractivity contribution < 1.29 is 19.1 Å². The number of carbonyl (C=O) groups excluding carboxylic acids is 2. The van der Waals surface area contributed by atoms with Crippen LogP contribution in [0.4, 0.5) is 5.69 Å². The molecule has 1 aromatic heterocycles. The van der Waals surface area contributed by atoms with E-state index in [1.807, 2.05) is 25.1 Å². The van der Waals surface area contributed by atoms with E-state index in [1.54, 1.807) is 73.1 Å². The predicted octanol–water partition coefficient (Wildman–Crippen LogP) is 5.00. The summed E-state index contributed by atoms with van der Waals surface area (Å²) in [5.74, 6) is -0.422. The standard InChI is InChI=1S/C23H21NO4S/c1-16-11-12-20(29-16)13-14-21(25)28-22(17-7-4-3-5-8-17)23(26)24-18-9-6-10-19(15-18)27-2/h3-15,22H,1-2H3,(H,24,26)/b14-13+. The Kier molecular flexibility index (Phi) is 6.81. The summed E-state index contributed by atoms with van der Waals surface area (Å²) in [5.41, 5.74) is 1.14. The van der Waals surface area contributed by atoms with Crippen molar-refractivity contribution in [2.24, 2.45) is 0 Å². The van der Waals surface area contributed by atoms with Crippen LogP contribution in [-0.2, 0) is 14.3 Å². The number of rotatable bonds is 7. The van der Waals surface area contributed by atoms with Gasteiger partial charge < -0.3 is 14.8 Å². The highest BCUT2D eigenvalue weighted by Crippen LogP contribution is 2.23. The first-order valence-electron chi connectivity index (χ1n) is 9.00. The van der Waals surface area contributed by atoms with Gasteiger partial charge >= 0.3 is 5.97 Å². The van der Waals surface area contributed by atoms with Gasteiger partial charge in [-0.1, -0.05) is 36.4 Å². The third-order valence-electron chi connectivity index (χ3n) is 4.06. The number of anilines is 1. The third-order valence-corrected chi connectivity index (χ3v) is 5.02. The number of methoxy groups -OCH3 is 1. The summed E-state index contributed by atoms with van der Waals surface area (Å²) in [6.07, 6.45) is 1.94. The fourth-order valence-electron chi connectivity index (χ4n) is 2.66. The maximum absolute atomic E-state index is 12.9. The molecule has 1 heterocycles. The highest BCUT2D eigenvalue weighted by atomic mass is 32.1. The minimum Gasteiger partial charge on any atom is -0.497 e. The zero-order valence-corrected chi connectivity index (χ0v) is 16.9. The van der Waals surface area contributed by atoms with Crippen molar-refractivity contribution in [3.8, 4) is 5.75 Å². The first kappa shape index (κ1) is 20.4. The summed E-state index contributed by atoms with van der Waals surface area (Å²) in [5, 5.41) is 2.78. The number of thiophene rings is 1. The molecule has 1 amide bonds. The lowest BCUT2D eigenvalue weighted by Gasteiger charge is -2.17. The minimum absolute atomic E-state index is 0.446. The molecule has 29 heavy (non-hydrogen) atoms. The van der Waals surface area contributed by atoms with Gasteiger partial charge in [-0.05, 0) is 37.3 Å². The number of nitrogens with one attached hydrogen (secondary N) is 1. The Labute approximate surface area is 173 Å². The van der Waals surface area contributed by atoms with Crippen molar-refractivity contribution in [2.45, 2.75) is 13.0 Å². The molecule has 2 aromatic carbocycles. The van der Waals surface area contributed by atoms with Gasteiger partial charge in [-0.25, -0.2) is 4.79 Å². The summed E-state index contributed by atoms with van der Waals surface area (Å²) in [4.78, 5) is 27.3. The van der Waals surface area contributed by atoms with E-state index in [2.05, 4.69) is 5.32 Å². The van der Waals surface area contributed by atoms with Crippen molar-refractivity contribution in [1.29, 1.82) is 0 Å². The molecule has 5 nitrogen and oxygen atoms in total. The van der Waals surface area contributed by atoms with E-state index in [1.165, 1.54) is 6.08 Å². The average Bonchev–Trinajstić information content (AvgIpc) is 3.16. The van der Waals surface area contributed by atoms with E-state index in [4.69, 9.17) is 9.47 Å². The quantitative estimate of drug-likeness (QED) is 0.442. The van der Waals surface area contributed by atoms with Crippen molar-refractivity contribution in [2.75, 3.05) is 12.4 Å². The number of benzene rings is 2. The van der Waals surface area contributed by atoms with Crippen LogP contribution < -0.4 is 10.1 Å². The molecule has 3 aromatic rings. The van der Waals surface area contributed by atoms with Gasteiger partial charge in [0, 0.05) is 33.1 Å². The third kappa shape index (κ3) is 5.80. The van der Waals surface area contributed by atoms with Crippen LogP contribution in [0.5, 0.6) is 5.75 Å². The Morgan fingerprint density at radius 2 is 1.83 bits per heavy atom. The van der Waals surface area contributed by atoms with Crippen LogP contribution >= 0.6 is 11.3 Å². The molecule has 0 aliphatic carbocycles. The van der Waals surface area contributed by atoms with Gasteiger partial charge in [-0.15, -0.1) is 11.3 Å². The van der Waals surface area contributed by atoms with Gasteiger partial charge in [-0.3, -0.25) is 4.79 Å². The van der Waals surface area contributed by atoms with Crippen LogP contribution in [0.25, 0.3) is 6.08 Å². The zero-order chi connectivity index (χ0) is 20.6. The Hall–Kier alpha value is -3.38. The maximum Gasteiger partial charge on any atom is 0.331 e. The molecule has 0 saturated heterocycles. The summed E-state index contributed by atoms with van der Waals surface area (Å²) in [7, 11) is 1.55. The van der Waals surface area contributed by atoms with Crippen LogP contribution in [0.15, 0.2) is 72.8 Å². The Balaban J connectivity index is 1.76. The number of hydrogen-bond donors (Lipinski definition) is 1. The first-order chi connectivity index (χ1) is 14.0. The van der Waals surface area contributed by atoms with E-state index < -0.39 is 18.0 Å². The SMILES string of the molecule is COc1cccc(NC(=O)C(OC(=O)/C=C/c2ccc(C)s2)c2ccccc2)c1. The van der Waals surface area contributed by atoms with Crippen molar-refractivity contribution in [3.63, 3.8) is 0 Å². The lowest BCUT2D eigenvalue weighted by molar-refractivity contribution is -0.149. The van der Waals surface area contributed by atoms with Gasteiger partial charge in [0.1, 0.15) is 5.75 Å². The fourth-order valence-corrected chi connectivity index (χ4v) is 3.44. The van der Waals surface area contributed by atoms with Gasteiger partial charge in [0.2, 0.25) is 6.10 Å². The molecule has 6 heteroatoms. The van der Waals surface area contributed by atoms with Gasteiger partial charge in [0.05, 0.1) is 7.11 Å². The Bertz CT molecular complexity index is 1010. The number of esters is 1. The van der Waals surface area contributed by atoms with Crippen LogP contribution in [0, 0.1) is 6.92 Å². The van der Waals surface area contributed by atoms with Crippen LogP contribution in [0.2, 0.25) is 0 Å². The number of aryl methyl sites for hydroxylation is 1. The summed E-state index contributed by atoms with van der Waals surface area (Å²) < 4.78 is 10.7. The lowest BCUT2D eigenvalue weighted by atomic mass is 10.1. The van der Waals surface area contributed by atoms with E-state index in [0.29, 0.717) is 17.0 Å². The molecule has 0 saturated carbocycles.